The highest BCUT2D eigenvalue weighted by molar-refractivity contribution is 6.13. The van der Waals surface area contributed by atoms with Crippen molar-refractivity contribution in [2.75, 3.05) is 13.7 Å². The summed E-state index contributed by atoms with van der Waals surface area (Å²) in [6.45, 7) is 0.895. The van der Waals surface area contributed by atoms with Crippen molar-refractivity contribution in [1.29, 1.82) is 0 Å². The van der Waals surface area contributed by atoms with Crippen LogP contribution in [0.15, 0.2) is 35.0 Å². The molecule has 1 fully saturated rings. The van der Waals surface area contributed by atoms with Crippen molar-refractivity contribution in [3.8, 4) is 5.75 Å². The molecule has 2 heterocycles. The molecule has 2 aliphatic rings. The monoisotopic (exact) mass is 270 g/mol. The first kappa shape index (κ1) is 12.9. The summed E-state index contributed by atoms with van der Waals surface area (Å²) in [5.74, 6) is 1.64. The number of nitrogens with zero attached hydrogens (tertiary/aromatic N) is 2. The Morgan fingerprint density at radius 2 is 2.00 bits per heavy atom. The van der Waals surface area contributed by atoms with Gasteiger partial charge in [0.25, 0.3) is 5.91 Å². The number of ether oxygens (including phenoxy) is 1. The Kier molecular flexibility index (Phi) is 3.54. The summed E-state index contributed by atoms with van der Waals surface area (Å²) in [4.78, 5) is 18.3. The average Bonchev–Trinajstić information content (AvgIpc) is 2.65. The van der Waals surface area contributed by atoms with Gasteiger partial charge in [0.05, 0.1) is 7.11 Å². The van der Waals surface area contributed by atoms with Gasteiger partial charge in [0, 0.05) is 13.0 Å². The van der Waals surface area contributed by atoms with E-state index in [2.05, 4.69) is 9.89 Å². The Morgan fingerprint density at radius 1 is 1.20 bits per heavy atom. The number of rotatable bonds is 2. The van der Waals surface area contributed by atoms with Crippen molar-refractivity contribution >= 4 is 17.8 Å². The van der Waals surface area contributed by atoms with E-state index in [1.165, 1.54) is 6.42 Å². The molecule has 4 heteroatoms. The van der Waals surface area contributed by atoms with Crippen molar-refractivity contribution in [3.05, 3.63) is 35.5 Å². The average molecular weight is 270 g/mol. The zero-order chi connectivity index (χ0) is 13.9. The first-order chi connectivity index (χ1) is 9.78. The number of hydrogen-bond acceptors (Lipinski definition) is 3. The van der Waals surface area contributed by atoms with Gasteiger partial charge in [-0.1, -0.05) is 18.6 Å². The third-order valence-corrected chi connectivity index (χ3v) is 3.75. The van der Waals surface area contributed by atoms with Gasteiger partial charge < -0.3 is 9.64 Å². The second-order valence-corrected chi connectivity index (χ2v) is 5.10. The summed E-state index contributed by atoms with van der Waals surface area (Å²) in [5, 5.41) is 0. The standard InChI is InChI=1S/C16H18N2O2/c1-20-13-8-6-12(7-9-13)11-14-16(19)17-15-5-3-2-4-10-18(14)15/h6-9,11H,2-5,10H2,1H3/b14-11+. The van der Waals surface area contributed by atoms with Gasteiger partial charge in [0.1, 0.15) is 17.3 Å². The van der Waals surface area contributed by atoms with E-state index in [0.29, 0.717) is 5.70 Å². The van der Waals surface area contributed by atoms with Gasteiger partial charge >= 0.3 is 0 Å². The summed E-state index contributed by atoms with van der Waals surface area (Å²) in [5.41, 5.74) is 1.70. The summed E-state index contributed by atoms with van der Waals surface area (Å²) in [6.07, 6.45) is 6.28. The van der Waals surface area contributed by atoms with Gasteiger partial charge in [0.15, 0.2) is 0 Å². The van der Waals surface area contributed by atoms with Crippen LogP contribution in [-0.2, 0) is 4.79 Å². The van der Waals surface area contributed by atoms with E-state index in [0.717, 1.165) is 43.0 Å². The molecular formula is C16H18N2O2. The molecule has 1 aromatic rings. The Balaban J connectivity index is 1.88. The smallest absolute Gasteiger partial charge is 0.295 e. The van der Waals surface area contributed by atoms with Crippen LogP contribution in [0.1, 0.15) is 31.2 Å². The Bertz CT molecular complexity index is 573. The van der Waals surface area contributed by atoms with Crippen LogP contribution >= 0.6 is 0 Å². The molecule has 0 unspecified atom stereocenters. The molecule has 0 bridgehead atoms. The molecular weight excluding hydrogens is 252 g/mol. The van der Waals surface area contributed by atoms with Crippen LogP contribution in [0.3, 0.4) is 0 Å². The molecule has 0 aliphatic carbocycles. The lowest BCUT2D eigenvalue weighted by atomic mass is 10.1. The van der Waals surface area contributed by atoms with Crippen LogP contribution in [0.4, 0.5) is 0 Å². The Hall–Kier alpha value is -2.10. The van der Waals surface area contributed by atoms with Crippen LogP contribution in [-0.4, -0.2) is 30.3 Å². The zero-order valence-corrected chi connectivity index (χ0v) is 11.6. The number of carbonyl (C=O) groups excluding carboxylic acids is 1. The maximum absolute atomic E-state index is 12.1. The number of fused-ring (bicyclic) bond motifs is 1. The molecule has 0 aromatic heterocycles. The van der Waals surface area contributed by atoms with E-state index >= 15 is 0 Å². The molecule has 1 amide bonds. The topological polar surface area (TPSA) is 41.9 Å². The number of hydrogen-bond donors (Lipinski definition) is 0. The van der Waals surface area contributed by atoms with Gasteiger partial charge in [-0.15, -0.1) is 0 Å². The molecule has 0 spiro atoms. The number of carbonyl (C=O) groups is 1. The van der Waals surface area contributed by atoms with Crippen molar-refractivity contribution in [2.45, 2.75) is 25.7 Å². The third-order valence-electron chi connectivity index (χ3n) is 3.75. The fraction of sp³-hybridized carbons (Fsp3) is 0.375. The van der Waals surface area contributed by atoms with E-state index < -0.39 is 0 Å². The van der Waals surface area contributed by atoms with Gasteiger partial charge in [-0.2, -0.15) is 4.99 Å². The summed E-state index contributed by atoms with van der Waals surface area (Å²) in [7, 11) is 1.64. The second kappa shape index (κ2) is 5.49. The van der Waals surface area contributed by atoms with Crippen molar-refractivity contribution in [1.82, 2.24) is 4.90 Å². The minimum Gasteiger partial charge on any atom is -0.497 e. The number of amidine groups is 1. The molecule has 2 aliphatic heterocycles. The highest BCUT2D eigenvalue weighted by Crippen LogP contribution is 2.25. The van der Waals surface area contributed by atoms with Crippen LogP contribution in [0.2, 0.25) is 0 Å². The second-order valence-electron chi connectivity index (χ2n) is 5.10. The summed E-state index contributed by atoms with van der Waals surface area (Å²) in [6, 6.07) is 7.70. The molecule has 0 atom stereocenters. The molecule has 104 valence electrons. The Labute approximate surface area is 118 Å². The normalized spacial score (nSPS) is 20.6. The van der Waals surface area contributed by atoms with Crippen LogP contribution in [0.5, 0.6) is 5.75 Å². The number of methoxy groups -OCH3 is 1. The van der Waals surface area contributed by atoms with Gasteiger partial charge in [-0.3, -0.25) is 4.79 Å². The van der Waals surface area contributed by atoms with Crippen LogP contribution < -0.4 is 4.74 Å². The van der Waals surface area contributed by atoms with Gasteiger partial charge in [-0.05, 0) is 36.6 Å². The lowest BCUT2D eigenvalue weighted by molar-refractivity contribution is -0.114. The van der Waals surface area contributed by atoms with E-state index in [-0.39, 0.29) is 5.91 Å². The Morgan fingerprint density at radius 3 is 2.75 bits per heavy atom. The molecule has 20 heavy (non-hydrogen) atoms. The van der Waals surface area contributed by atoms with Crippen molar-refractivity contribution in [3.63, 3.8) is 0 Å². The SMILES string of the molecule is COc1ccc(/C=C2\C(=O)N=C3CCCCCN32)cc1. The number of aliphatic imine (C=N–C) groups is 1. The minimum atomic E-state index is -0.113. The molecule has 3 rings (SSSR count). The van der Waals surface area contributed by atoms with Crippen LogP contribution in [0.25, 0.3) is 6.08 Å². The molecule has 1 aromatic carbocycles. The quantitative estimate of drug-likeness (QED) is 0.776. The number of amides is 1. The third kappa shape index (κ3) is 2.46. The molecule has 0 radical (unpaired) electrons. The highest BCUT2D eigenvalue weighted by Gasteiger charge is 2.29. The molecule has 0 saturated carbocycles. The summed E-state index contributed by atoms with van der Waals surface area (Å²) >= 11 is 0. The van der Waals surface area contributed by atoms with Crippen molar-refractivity contribution < 1.29 is 9.53 Å². The van der Waals surface area contributed by atoms with E-state index in [4.69, 9.17) is 4.74 Å². The van der Waals surface area contributed by atoms with E-state index in [9.17, 15) is 4.79 Å². The predicted molar refractivity (Wildman–Crippen MR) is 78.6 cm³/mol. The lowest BCUT2D eigenvalue weighted by Crippen LogP contribution is -2.26. The summed E-state index contributed by atoms with van der Waals surface area (Å²) < 4.78 is 5.14. The largest absolute Gasteiger partial charge is 0.497 e. The van der Waals surface area contributed by atoms with E-state index in [1.807, 2.05) is 30.3 Å². The molecule has 4 nitrogen and oxygen atoms in total. The first-order valence-electron chi connectivity index (χ1n) is 7.03. The fourth-order valence-corrected chi connectivity index (χ4v) is 2.66. The maximum Gasteiger partial charge on any atom is 0.295 e. The van der Waals surface area contributed by atoms with Gasteiger partial charge in [-0.25, -0.2) is 0 Å². The van der Waals surface area contributed by atoms with Gasteiger partial charge in [0.2, 0.25) is 0 Å². The zero-order valence-electron chi connectivity index (χ0n) is 11.6. The fourth-order valence-electron chi connectivity index (χ4n) is 2.66. The van der Waals surface area contributed by atoms with Crippen molar-refractivity contribution in [2.24, 2.45) is 4.99 Å². The molecule has 1 saturated heterocycles. The first-order valence-corrected chi connectivity index (χ1v) is 7.03. The molecule has 0 N–H and O–H groups in total. The van der Waals surface area contributed by atoms with E-state index in [1.54, 1.807) is 7.11 Å². The number of benzene rings is 1. The highest BCUT2D eigenvalue weighted by atomic mass is 16.5. The lowest BCUT2D eigenvalue weighted by Gasteiger charge is -2.18. The minimum absolute atomic E-state index is 0.113. The van der Waals surface area contributed by atoms with Crippen LogP contribution in [0, 0.1) is 0 Å². The maximum atomic E-state index is 12.1. The predicted octanol–water partition coefficient (Wildman–Crippen LogP) is 2.85.